The van der Waals surface area contributed by atoms with E-state index in [9.17, 15) is 9.18 Å². The first-order valence-corrected chi connectivity index (χ1v) is 9.59. The predicted molar refractivity (Wildman–Crippen MR) is 116 cm³/mol. The van der Waals surface area contributed by atoms with Crippen molar-refractivity contribution in [2.24, 2.45) is 4.99 Å². The lowest BCUT2D eigenvalue weighted by atomic mass is 10.00. The molecule has 0 saturated heterocycles. The van der Waals surface area contributed by atoms with Crippen LogP contribution in [0.4, 0.5) is 10.1 Å². The highest BCUT2D eigenvalue weighted by molar-refractivity contribution is 6.23. The second kappa shape index (κ2) is 7.84. The largest absolute Gasteiger partial charge is 0.304 e. The van der Waals surface area contributed by atoms with E-state index in [-0.39, 0.29) is 17.8 Å². The van der Waals surface area contributed by atoms with Crippen LogP contribution >= 0.6 is 0 Å². The van der Waals surface area contributed by atoms with Gasteiger partial charge in [0.2, 0.25) is 0 Å². The zero-order valence-corrected chi connectivity index (χ0v) is 16.3. The molecule has 1 amide bonds. The van der Waals surface area contributed by atoms with Crippen molar-refractivity contribution in [2.45, 2.75) is 19.9 Å². The number of benzene rings is 3. The van der Waals surface area contributed by atoms with Crippen molar-refractivity contribution in [3.8, 4) is 0 Å². The van der Waals surface area contributed by atoms with E-state index in [1.807, 2.05) is 68.4 Å². The molecule has 0 fully saturated rings. The Bertz CT molecular complexity index is 1100. The fourth-order valence-electron chi connectivity index (χ4n) is 3.49. The number of halogens is 1. The zero-order chi connectivity index (χ0) is 20.4. The van der Waals surface area contributed by atoms with Crippen LogP contribution in [0.3, 0.4) is 0 Å². The summed E-state index contributed by atoms with van der Waals surface area (Å²) in [5.41, 5.74) is 4.30. The molecule has 0 bridgehead atoms. The minimum Gasteiger partial charge on any atom is -0.304 e. The van der Waals surface area contributed by atoms with Crippen LogP contribution in [0.25, 0.3) is 6.08 Å². The third kappa shape index (κ3) is 3.74. The molecule has 4 heteroatoms. The molecule has 0 aromatic heterocycles. The molecular weight excluding hydrogens is 363 g/mol. The first kappa shape index (κ1) is 18.8. The molecule has 0 atom stereocenters. The monoisotopic (exact) mass is 384 g/mol. The number of para-hydroxylation sites is 1. The number of aliphatic imine (C=N–C) groups is 1. The van der Waals surface area contributed by atoms with Gasteiger partial charge in [-0.3, -0.25) is 4.79 Å². The Labute approximate surface area is 169 Å². The zero-order valence-electron chi connectivity index (χ0n) is 16.3. The molecule has 0 N–H and O–H groups in total. The van der Waals surface area contributed by atoms with Crippen molar-refractivity contribution in [3.05, 3.63) is 107 Å². The molecule has 1 aliphatic rings. The van der Waals surface area contributed by atoms with Crippen molar-refractivity contribution < 1.29 is 9.18 Å². The SMILES string of the molecule is CC(C)N1C(=O)/C(=C/c2ccccc2)N=C(c2ccc(F)cc2)c2ccccc21. The number of hydrogen-bond acceptors (Lipinski definition) is 2. The molecule has 1 heterocycles. The normalized spacial score (nSPS) is 15.3. The van der Waals surface area contributed by atoms with Gasteiger partial charge in [-0.25, -0.2) is 9.38 Å². The number of carbonyl (C=O) groups is 1. The molecule has 3 aromatic rings. The fourth-order valence-corrected chi connectivity index (χ4v) is 3.49. The van der Waals surface area contributed by atoms with Gasteiger partial charge in [-0.15, -0.1) is 0 Å². The van der Waals surface area contributed by atoms with Crippen LogP contribution in [-0.2, 0) is 4.79 Å². The van der Waals surface area contributed by atoms with Gasteiger partial charge in [-0.2, -0.15) is 0 Å². The van der Waals surface area contributed by atoms with E-state index in [2.05, 4.69) is 0 Å². The summed E-state index contributed by atoms with van der Waals surface area (Å²) in [6.45, 7) is 3.97. The van der Waals surface area contributed by atoms with Crippen LogP contribution in [0.2, 0.25) is 0 Å². The van der Waals surface area contributed by atoms with Crippen LogP contribution in [0.5, 0.6) is 0 Å². The van der Waals surface area contributed by atoms with Crippen molar-refractivity contribution >= 4 is 23.4 Å². The van der Waals surface area contributed by atoms with Crippen molar-refractivity contribution in [2.75, 3.05) is 4.90 Å². The summed E-state index contributed by atoms with van der Waals surface area (Å²) in [7, 11) is 0. The van der Waals surface area contributed by atoms with Crippen LogP contribution in [0, 0.1) is 5.82 Å². The number of carbonyl (C=O) groups excluding carboxylic acids is 1. The molecule has 0 unspecified atom stereocenters. The minimum absolute atomic E-state index is 0.0504. The summed E-state index contributed by atoms with van der Waals surface area (Å²) < 4.78 is 13.5. The quantitative estimate of drug-likeness (QED) is 0.552. The Morgan fingerprint density at radius 1 is 0.897 bits per heavy atom. The molecule has 0 saturated carbocycles. The number of rotatable bonds is 3. The molecule has 0 spiro atoms. The Hall–Kier alpha value is -3.53. The Kier molecular flexibility index (Phi) is 5.09. The highest BCUT2D eigenvalue weighted by Crippen LogP contribution is 2.31. The lowest BCUT2D eigenvalue weighted by Crippen LogP contribution is -2.37. The number of fused-ring (bicyclic) bond motifs is 1. The third-order valence-electron chi connectivity index (χ3n) is 4.83. The summed E-state index contributed by atoms with van der Waals surface area (Å²) in [6.07, 6.45) is 1.80. The second-order valence-corrected chi connectivity index (χ2v) is 7.19. The molecule has 29 heavy (non-hydrogen) atoms. The van der Waals surface area contributed by atoms with Crippen molar-refractivity contribution in [1.82, 2.24) is 0 Å². The molecule has 0 radical (unpaired) electrons. The second-order valence-electron chi connectivity index (χ2n) is 7.19. The maximum Gasteiger partial charge on any atom is 0.277 e. The van der Waals surface area contributed by atoms with Crippen molar-refractivity contribution in [1.29, 1.82) is 0 Å². The first-order valence-electron chi connectivity index (χ1n) is 9.59. The average Bonchev–Trinajstić information content (AvgIpc) is 2.84. The molecule has 1 aliphatic heterocycles. The number of anilines is 1. The molecule has 144 valence electrons. The van der Waals surface area contributed by atoms with Crippen LogP contribution in [0.1, 0.15) is 30.5 Å². The average molecular weight is 384 g/mol. The lowest BCUT2D eigenvalue weighted by molar-refractivity contribution is -0.115. The molecular formula is C25H21FN2O. The van der Waals surface area contributed by atoms with E-state index >= 15 is 0 Å². The number of amides is 1. The van der Waals surface area contributed by atoms with E-state index in [0.29, 0.717) is 11.4 Å². The fraction of sp³-hybridized carbons (Fsp3) is 0.120. The van der Waals surface area contributed by atoms with Gasteiger partial charge in [0.25, 0.3) is 5.91 Å². The summed E-state index contributed by atoms with van der Waals surface area (Å²) in [5, 5.41) is 0. The number of hydrogen-bond donors (Lipinski definition) is 0. The summed E-state index contributed by atoms with van der Waals surface area (Å²) in [6, 6.07) is 23.5. The Morgan fingerprint density at radius 3 is 2.24 bits per heavy atom. The van der Waals surface area contributed by atoms with Gasteiger partial charge in [0.1, 0.15) is 11.5 Å². The molecule has 3 nitrogen and oxygen atoms in total. The molecule has 0 aliphatic carbocycles. The topological polar surface area (TPSA) is 32.7 Å². The van der Waals surface area contributed by atoms with Crippen LogP contribution < -0.4 is 4.90 Å². The Balaban J connectivity index is 1.98. The van der Waals surface area contributed by atoms with Gasteiger partial charge < -0.3 is 4.90 Å². The van der Waals surface area contributed by atoms with Crippen LogP contribution in [-0.4, -0.2) is 17.7 Å². The highest BCUT2D eigenvalue weighted by atomic mass is 19.1. The summed E-state index contributed by atoms with van der Waals surface area (Å²) in [4.78, 5) is 20.0. The van der Waals surface area contributed by atoms with Gasteiger partial charge in [0, 0.05) is 17.2 Å². The van der Waals surface area contributed by atoms with E-state index < -0.39 is 0 Å². The van der Waals surface area contributed by atoms with Crippen LogP contribution in [0.15, 0.2) is 89.6 Å². The van der Waals surface area contributed by atoms with E-state index in [1.165, 1.54) is 12.1 Å². The Morgan fingerprint density at radius 2 is 1.55 bits per heavy atom. The van der Waals surface area contributed by atoms with Gasteiger partial charge in [-0.05, 0) is 55.8 Å². The van der Waals surface area contributed by atoms with Gasteiger partial charge in [0.05, 0.1) is 11.4 Å². The maximum absolute atomic E-state index is 13.5. The predicted octanol–water partition coefficient (Wildman–Crippen LogP) is 5.46. The van der Waals surface area contributed by atoms with E-state index in [0.717, 1.165) is 22.4 Å². The van der Waals surface area contributed by atoms with Gasteiger partial charge in [-0.1, -0.05) is 48.5 Å². The minimum atomic E-state index is -0.309. The van der Waals surface area contributed by atoms with Crippen molar-refractivity contribution in [3.63, 3.8) is 0 Å². The van der Waals surface area contributed by atoms with E-state index in [4.69, 9.17) is 4.99 Å². The lowest BCUT2D eigenvalue weighted by Gasteiger charge is -2.27. The van der Waals surface area contributed by atoms with Gasteiger partial charge >= 0.3 is 0 Å². The number of benzodiazepines with no additional fused rings is 1. The molecule has 4 rings (SSSR count). The maximum atomic E-state index is 13.5. The standard InChI is InChI=1S/C25H21FN2O/c1-17(2)28-23-11-7-6-10-21(23)24(19-12-14-20(26)15-13-19)27-22(25(28)29)16-18-8-4-3-5-9-18/h3-17H,1-2H3/b22-16-. The number of nitrogens with zero attached hydrogens (tertiary/aromatic N) is 2. The molecule has 3 aromatic carbocycles. The summed E-state index contributed by atoms with van der Waals surface area (Å²) in [5.74, 6) is -0.468. The highest BCUT2D eigenvalue weighted by Gasteiger charge is 2.30. The smallest absolute Gasteiger partial charge is 0.277 e. The van der Waals surface area contributed by atoms with Gasteiger partial charge in [0.15, 0.2) is 0 Å². The first-order chi connectivity index (χ1) is 14.0. The third-order valence-corrected chi connectivity index (χ3v) is 4.83. The van der Waals surface area contributed by atoms with E-state index in [1.54, 1.807) is 23.1 Å². The summed E-state index contributed by atoms with van der Waals surface area (Å²) >= 11 is 0.